The number of hydrogen-bond donors (Lipinski definition) is 0. The molecule has 1 nitrogen and oxygen atoms in total. The van der Waals surface area contributed by atoms with Crippen molar-refractivity contribution < 1.29 is 4.18 Å². The first-order valence-electron chi connectivity index (χ1n) is 6.33. The second-order valence-corrected chi connectivity index (χ2v) is 5.29. The molecule has 1 aromatic carbocycles. The average Bonchev–Trinajstić information content (AvgIpc) is 2.29. The Bertz CT molecular complexity index is 278. The van der Waals surface area contributed by atoms with Gasteiger partial charge < -0.3 is 4.18 Å². The predicted octanol–water partition coefficient (Wildman–Crippen LogP) is 4.82. The highest BCUT2D eigenvalue weighted by atomic mass is 32.2. The van der Waals surface area contributed by atoms with Crippen molar-refractivity contribution in [3.05, 3.63) is 30.3 Å². The molecule has 1 aliphatic carbocycles. The van der Waals surface area contributed by atoms with Gasteiger partial charge in [-0.05, 0) is 25.0 Å². The molecule has 0 bridgehead atoms. The Morgan fingerprint density at radius 2 is 1.50 bits per heavy atom. The van der Waals surface area contributed by atoms with Gasteiger partial charge in [-0.2, -0.15) is 0 Å². The van der Waals surface area contributed by atoms with Crippen molar-refractivity contribution in [1.29, 1.82) is 0 Å². The fourth-order valence-electron chi connectivity index (χ4n) is 2.11. The summed E-state index contributed by atoms with van der Waals surface area (Å²) in [6.45, 7) is 0. The van der Waals surface area contributed by atoms with Crippen molar-refractivity contribution in [2.45, 2.75) is 55.9 Å². The Balaban J connectivity index is 1.75. The molecule has 0 atom stereocenters. The van der Waals surface area contributed by atoms with E-state index in [1.54, 1.807) is 12.0 Å². The number of benzene rings is 1. The lowest BCUT2D eigenvalue weighted by Crippen LogP contribution is -2.10. The summed E-state index contributed by atoms with van der Waals surface area (Å²) in [5.74, 6) is 0. The molecule has 1 aliphatic rings. The van der Waals surface area contributed by atoms with Gasteiger partial charge in [0.1, 0.15) is 0 Å². The molecule has 2 heteroatoms. The molecule has 0 N–H and O–H groups in total. The topological polar surface area (TPSA) is 9.23 Å². The van der Waals surface area contributed by atoms with Gasteiger partial charge in [0.15, 0.2) is 0 Å². The lowest BCUT2D eigenvalue weighted by molar-refractivity contribution is 0.198. The summed E-state index contributed by atoms with van der Waals surface area (Å²) >= 11 is 1.54. The smallest absolute Gasteiger partial charge is 0.0727 e. The Kier molecular flexibility index (Phi) is 5.23. The van der Waals surface area contributed by atoms with Gasteiger partial charge in [0.25, 0.3) is 0 Å². The maximum atomic E-state index is 5.92. The Morgan fingerprint density at radius 3 is 2.19 bits per heavy atom. The first-order valence-corrected chi connectivity index (χ1v) is 7.08. The van der Waals surface area contributed by atoms with Gasteiger partial charge in [-0.1, -0.05) is 50.3 Å². The van der Waals surface area contributed by atoms with E-state index in [1.165, 1.54) is 49.8 Å². The average molecular weight is 236 g/mol. The second kappa shape index (κ2) is 6.97. The molecule has 0 saturated heterocycles. The van der Waals surface area contributed by atoms with E-state index in [-0.39, 0.29) is 0 Å². The van der Waals surface area contributed by atoms with Crippen LogP contribution in [0.25, 0.3) is 0 Å². The van der Waals surface area contributed by atoms with Gasteiger partial charge in [-0.3, -0.25) is 0 Å². The van der Waals surface area contributed by atoms with Crippen LogP contribution in [0.5, 0.6) is 0 Å². The third-order valence-electron chi connectivity index (χ3n) is 3.08. The molecule has 1 saturated carbocycles. The van der Waals surface area contributed by atoms with Gasteiger partial charge in [0, 0.05) is 16.9 Å². The summed E-state index contributed by atoms with van der Waals surface area (Å²) in [5.41, 5.74) is 0. The van der Waals surface area contributed by atoms with Crippen LogP contribution in [0.3, 0.4) is 0 Å². The Hall–Kier alpha value is -0.470. The van der Waals surface area contributed by atoms with E-state index >= 15 is 0 Å². The quantitative estimate of drug-likeness (QED) is 0.696. The minimum Gasteiger partial charge on any atom is -0.307 e. The first-order chi connectivity index (χ1) is 7.95. The van der Waals surface area contributed by atoms with Gasteiger partial charge in [-0.15, -0.1) is 0 Å². The Labute approximate surface area is 103 Å². The van der Waals surface area contributed by atoms with E-state index < -0.39 is 0 Å². The van der Waals surface area contributed by atoms with Crippen molar-refractivity contribution >= 4 is 12.0 Å². The fourth-order valence-corrected chi connectivity index (χ4v) is 2.82. The summed E-state index contributed by atoms with van der Waals surface area (Å²) in [5, 5.41) is 0. The van der Waals surface area contributed by atoms with Crippen LogP contribution < -0.4 is 0 Å². The van der Waals surface area contributed by atoms with E-state index in [0.29, 0.717) is 6.10 Å². The van der Waals surface area contributed by atoms with Crippen molar-refractivity contribution in [1.82, 2.24) is 0 Å². The highest BCUT2D eigenvalue weighted by molar-refractivity contribution is 7.94. The highest BCUT2D eigenvalue weighted by Gasteiger charge is 2.12. The number of rotatable bonds is 3. The molecule has 0 unspecified atom stereocenters. The van der Waals surface area contributed by atoms with Crippen LogP contribution in [0, 0.1) is 0 Å². The summed E-state index contributed by atoms with van der Waals surface area (Å²) in [4.78, 5) is 1.21. The van der Waals surface area contributed by atoms with Crippen LogP contribution >= 0.6 is 12.0 Å². The molecule has 2 rings (SSSR count). The normalized spacial score (nSPS) is 19.0. The standard InChI is InChI=1S/C14H20OS/c1-2-5-9-13(10-6-3-1)15-16-14-11-7-4-8-12-14/h4,7-8,11-13H,1-3,5-6,9-10H2. The van der Waals surface area contributed by atoms with Crippen LogP contribution in [-0.2, 0) is 4.18 Å². The molecule has 0 spiro atoms. The molecular formula is C14H20OS. The van der Waals surface area contributed by atoms with Crippen LogP contribution in [-0.4, -0.2) is 6.10 Å². The minimum atomic E-state index is 0.463. The molecular weight excluding hydrogens is 216 g/mol. The first kappa shape index (κ1) is 12.0. The molecule has 1 fully saturated rings. The Morgan fingerprint density at radius 1 is 0.875 bits per heavy atom. The van der Waals surface area contributed by atoms with E-state index in [9.17, 15) is 0 Å². The third-order valence-corrected chi connectivity index (χ3v) is 3.91. The maximum absolute atomic E-state index is 5.92. The van der Waals surface area contributed by atoms with Crippen molar-refractivity contribution in [2.24, 2.45) is 0 Å². The zero-order valence-electron chi connectivity index (χ0n) is 9.73. The largest absolute Gasteiger partial charge is 0.307 e. The molecule has 1 aromatic rings. The molecule has 0 aromatic heterocycles. The molecule has 16 heavy (non-hydrogen) atoms. The van der Waals surface area contributed by atoms with Crippen molar-refractivity contribution in [3.8, 4) is 0 Å². The third kappa shape index (κ3) is 4.18. The van der Waals surface area contributed by atoms with Crippen LogP contribution in [0.1, 0.15) is 44.9 Å². The van der Waals surface area contributed by atoms with Gasteiger partial charge >= 0.3 is 0 Å². The lowest BCUT2D eigenvalue weighted by atomic mass is 9.99. The summed E-state index contributed by atoms with van der Waals surface area (Å²) in [6.07, 6.45) is 9.79. The van der Waals surface area contributed by atoms with E-state index in [0.717, 1.165) is 0 Å². The summed E-state index contributed by atoms with van der Waals surface area (Å²) in [7, 11) is 0. The highest BCUT2D eigenvalue weighted by Crippen LogP contribution is 2.26. The fraction of sp³-hybridized carbons (Fsp3) is 0.571. The second-order valence-electron chi connectivity index (χ2n) is 4.46. The molecule has 0 amide bonds. The van der Waals surface area contributed by atoms with E-state index in [1.807, 2.05) is 6.07 Å². The number of hydrogen-bond acceptors (Lipinski definition) is 2. The van der Waals surface area contributed by atoms with Gasteiger partial charge in [0.2, 0.25) is 0 Å². The molecule has 0 radical (unpaired) electrons. The summed E-state index contributed by atoms with van der Waals surface area (Å²) in [6, 6.07) is 10.4. The van der Waals surface area contributed by atoms with Crippen LogP contribution in [0.4, 0.5) is 0 Å². The van der Waals surface area contributed by atoms with Crippen molar-refractivity contribution in [3.63, 3.8) is 0 Å². The molecule has 0 aliphatic heterocycles. The minimum absolute atomic E-state index is 0.463. The SMILES string of the molecule is c1ccc(SOC2CCCCCCC2)cc1. The van der Waals surface area contributed by atoms with Crippen LogP contribution in [0.2, 0.25) is 0 Å². The lowest BCUT2D eigenvalue weighted by Gasteiger charge is -2.18. The predicted molar refractivity (Wildman–Crippen MR) is 69.5 cm³/mol. The van der Waals surface area contributed by atoms with E-state index in [4.69, 9.17) is 4.18 Å². The van der Waals surface area contributed by atoms with Crippen molar-refractivity contribution in [2.75, 3.05) is 0 Å². The molecule has 0 heterocycles. The zero-order valence-corrected chi connectivity index (χ0v) is 10.5. The van der Waals surface area contributed by atoms with Crippen LogP contribution in [0.15, 0.2) is 35.2 Å². The molecule has 88 valence electrons. The van der Waals surface area contributed by atoms with E-state index in [2.05, 4.69) is 24.3 Å². The maximum Gasteiger partial charge on any atom is 0.0727 e. The van der Waals surface area contributed by atoms with Gasteiger partial charge in [-0.25, -0.2) is 0 Å². The monoisotopic (exact) mass is 236 g/mol. The van der Waals surface area contributed by atoms with Gasteiger partial charge in [0.05, 0.1) is 6.10 Å². The zero-order chi connectivity index (χ0) is 11.1. The summed E-state index contributed by atoms with van der Waals surface area (Å²) < 4.78 is 5.92.